The summed E-state index contributed by atoms with van der Waals surface area (Å²) in [5.41, 5.74) is 0.770. The monoisotopic (exact) mass is 326 g/mol. The highest BCUT2D eigenvalue weighted by Crippen LogP contribution is 2.28. The van der Waals surface area contributed by atoms with E-state index in [1.165, 1.54) is 29.5 Å². The molecule has 1 aromatic carbocycles. The van der Waals surface area contributed by atoms with Crippen LogP contribution in [0.3, 0.4) is 0 Å². The Morgan fingerprint density at radius 3 is 2.78 bits per heavy atom. The largest absolute Gasteiger partial charge is 0.321 e. The molecule has 92 valence electrons. The number of nitrogens with one attached hydrogen (secondary N) is 1. The van der Waals surface area contributed by atoms with Crippen molar-refractivity contribution in [3.8, 4) is 0 Å². The first-order valence-corrected chi connectivity index (χ1v) is 6.59. The SMILES string of the molecule is O=C(Nc1ccsc1)c1cccc([N+](=O)[O-])c1Br. The van der Waals surface area contributed by atoms with Crippen molar-refractivity contribution < 1.29 is 9.72 Å². The molecule has 5 nitrogen and oxygen atoms in total. The molecule has 0 aliphatic rings. The lowest BCUT2D eigenvalue weighted by Gasteiger charge is -2.05. The Morgan fingerprint density at radius 2 is 2.17 bits per heavy atom. The summed E-state index contributed by atoms with van der Waals surface area (Å²) in [5, 5.41) is 17.0. The molecule has 2 rings (SSSR count). The Kier molecular flexibility index (Phi) is 3.73. The number of carbonyl (C=O) groups is 1. The third-order valence-electron chi connectivity index (χ3n) is 2.20. The smallest absolute Gasteiger partial charge is 0.284 e. The minimum atomic E-state index is -0.536. The summed E-state index contributed by atoms with van der Waals surface area (Å²) in [4.78, 5) is 22.2. The number of nitrogens with zero attached hydrogens (tertiary/aromatic N) is 1. The maximum Gasteiger partial charge on any atom is 0.284 e. The molecule has 0 bridgehead atoms. The summed E-state index contributed by atoms with van der Waals surface area (Å²) in [6.45, 7) is 0. The molecule has 18 heavy (non-hydrogen) atoms. The van der Waals surface area contributed by atoms with Crippen LogP contribution in [0.1, 0.15) is 10.4 Å². The van der Waals surface area contributed by atoms with Crippen molar-refractivity contribution in [3.63, 3.8) is 0 Å². The van der Waals surface area contributed by atoms with Gasteiger partial charge in [0.25, 0.3) is 11.6 Å². The summed E-state index contributed by atoms with van der Waals surface area (Å²) in [6.07, 6.45) is 0. The van der Waals surface area contributed by atoms with E-state index in [0.29, 0.717) is 5.69 Å². The maximum atomic E-state index is 11.9. The Morgan fingerprint density at radius 1 is 1.39 bits per heavy atom. The van der Waals surface area contributed by atoms with E-state index < -0.39 is 4.92 Å². The van der Waals surface area contributed by atoms with Crippen LogP contribution in [0.5, 0.6) is 0 Å². The molecule has 2 aromatic rings. The third-order valence-corrected chi connectivity index (χ3v) is 3.72. The fourth-order valence-corrected chi connectivity index (χ4v) is 2.55. The van der Waals surface area contributed by atoms with Gasteiger partial charge in [-0.2, -0.15) is 11.3 Å². The average Bonchev–Trinajstić information content (AvgIpc) is 2.81. The number of rotatable bonds is 3. The van der Waals surface area contributed by atoms with E-state index in [4.69, 9.17) is 0 Å². The molecule has 0 aliphatic carbocycles. The van der Waals surface area contributed by atoms with Crippen molar-refractivity contribution in [1.82, 2.24) is 0 Å². The van der Waals surface area contributed by atoms with E-state index in [0.717, 1.165) is 0 Å². The predicted molar refractivity (Wildman–Crippen MR) is 73.1 cm³/mol. The average molecular weight is 327 g/mol. The standard InChI is InChI=1S/C11H7BrN2O3S/c12-10-8(2-1-3-9(10)14(16)17)11(15)13-7-4-5-18-6-7/h1-6H,(H,13,15). The van der Waals surface area contributed by atoms with E-state index in [2.05, 4.69) is 21.2 Å². The van der Waals surface area contributed by atoms with E-state index in [1.807, 2.05) is 5.38 Å². The van der Waals surface area contributed by atoms with Crippen molar-refractivity contribution in [2.45, 2.75) is 0 Å². The zero-order valence-corrected chi connectivity index (χ0v) is 11.3. The molecule has 0 atom stereocenters. The quantitative estimate of drug-likeness (QED) is 0.690. The van der Waals surface area contributed by atoms with Gasteiger partial charge < -0.3 is 5.32 Å². The molecular formula is C11H7BrN2O3S. The van der Waals surface area contributed by atoms with Gasteiger partial charge in [0, 0.05) is 11.4 Å². The number of hydrogen-bond donors (Lipinski definition) is 1. The van der Waals surface area contributed by atoms with Crippen molar-refractivity contribution in [2.75, 3.05) is 5.32 Å². The second-order valence-corrected chi connectivity index (χ2v) is 4.93. The molecule has 1 N–H and O–H groups in total. The van der Waals surface area contributed by atoms with Crippen molar-refractivity contribution in [1.29, 1.82) is 0 Å². The van der Waals surface area contributed by atoms with Crippen LogP contribution in [0, 0.1) is 10.1 Å². The second-order valence-electron chi connectivity index (χ2n) is 3.36. The molecule has 1 amide bonds. The zero-order valence-electron chi connectivity index (χ0n) is 8.92. The first kappa shape index (κ1) is 12.7. The fourth-order valence-electron chi connectivity index (χ4n) is 1.37. The summed E-state index contributed by atoms with van der Waals surface area (Å²) in [5.74, 6) is -0.385. The van der Waals surface area contributed by atoms with E-state index in [1.54, 1.807) is 11.4 Å². The van der Waals surface area contributed by atoms with Gasteiger partial charge in [0.2, 0.25) is 0 Å². The third kappa shape index (κ3) is 2.57. The van der Waals surface area contributed by atoms with Crippen LogP contribution in [0.4, 0.5) is 11.4 Å². The fraction of sp³-hybridized carbons (Fsp3) is 0. The maximum absolute atomic E-state index is 11.9. The Balaban J connectivity index is 2.31. The number of nitro benzene ring substituents is 1. The molecule has 0 aliphatic heterocycles. The number of carbonyl (C=O) groups excluding carboxylic acids is 1. The van der Waals surface area contributed by atoms with Crippen molar-refractivity contribution >= 4 is 44.5 Å². The molecule has 0 saturated carbocycles. The minimum absolute atomic E-state index is 0.132. The van der Waals surface area contributed by atoms with Gasteiger partial charge in [-0.1, -0.05) is 6.07 Å². The Hall–Kier alpha value is -1.73. The highest BCUT2D eigenvalue weighted by atomic mass is 79.9. The highest BCUT2D eigenvalue weighted by molar-refractivity contribution is 9.10. The van der Waals surface area contributed by atoms with Gasteiger partial charge in [0.15, 0.2) is 0 Å². The van der Waals surface area contributed by atoms with Crippen LogP contribution in [0.15, 0.2) is 39.5 Å². The van der Waals surface area contributed by atoms with Gasteiger partial charge in [0.1, 0.15) is 4.47 Å². The van der Waals surface area contributed by atoms with Crippen LogP contribution in [0.2, 0.25) is 0 Å². The minimum Gasteiger partial charge on any atom is -0.321 e. The van der Waals surface area contributed by atoms with Gasteiger partial charge in [-0.15, -0.1) is 0 Å². The lowest BCUT2D eigenvalue weighted by molar-refractivity contribution is -0.385. The highest BCUT2D eigenvalue weighted by Gasteiger charge is 2.19. The topological polar surface area (TPSA) is 72.2 Å². The second kappa shape index (κ2) is 5.28. The van der Waals surface area contributed by atoms with Crippen molar-refractivity contribution in [3.05, 3.63) is 55.2 Å². The summed E-state index contributed by atoms with van der Waals surface area (Å²) in [7, 11) is 0. The molecule has 1 aromatic heterocycles. The van der Waals surface area contributed by atoms with Crippen LogP contribution in [-0.2, 0) is 0 Å². The molecule has 0 radical (unpaired) electrons. The van der Waals surface area contributed by atoms with Gasteiger partial charge in [0.05, 0.1) is 16.2 Å². The number of anilines is 1. The van der Waals surface area contributed by atoms with Crippen LogP contribution < -0.4 is 5.32 Å². The number of thiophene rings is 1. The summed E-state index contributed by atoms with van der Waals surface area (Å²) in [6, 6.07) is 6.10. The molecule has 0 saturated heterocycles. The lowest BCUT2D eigenvalue weighted by atomic mass is 10.2. The number of halogens is 1. The molecular weight excluding hydrogens is 320 g/mol. The van der Waals surface area contributed by atoms with Crippen LogP contribution >= 0.6 is 27.3 Å². The van der Waals surface area contributed by atoms with E-state index >= 15 is 0 Å². The number of amides is 1. The predicted octanol–water partition coefficient (Wildman–Crippen LogP) is 3.67. The van der Waals surface area contributed by atoms with Gasteiger partial charge in [-0.25, -0.2) is 0 Å². The van der Waals surface area contributed by atoms with Crippen LogP contribution in [-0.4, -0.2) is 10.8 Å². The van der Waals surface area contributed by atoms with E-state index in [9.17, 15) is 14.9 Å². The number of nitro groups is 1. The first-order chi connectivity index (χ1) is 8.59. The Labute approximate surface area is 115 Å². The molecule has 0 spiro atoms. The van der Waals surface area contributed by atoms with Gasteiger partial charge >= 0.3 is 0 Å². The van der Waals surface area contributed by atoms with E-state index in [-0.39, 0.29) is 21.6 Å². The lowest BCUT2D eigenvalue weighted by Crippen LogP contribution is -2.12. The van der Waals surface area contributed by atoms with Crippen molar-refractivity contribution in [2.24, 2.45) is 0 Å². The molecule has 7 heteroatoms. The first-order valence-electron chi connectivity index (χ1n) is 4.86. The van der Waals surface area contributed by atoms with Crippen LogP contribution in [0.25, 0.3) is 0 Å². The molecule has 0 fully saturated rings. The summed E-state index contributed by atoms with van der Waals surface area (Å²) >= 11 is 4.54. The number of benzene rings is 1. The molecule has 0 unspecified atom stereocenters. The summed E-state index contributed by atoms with van der Waals surface area (Å²) < 4.78 is 0.183. The van der Waals surface area contributed by atoms with Gasteiger partial charge in [-0.05, 0) is 33.4 Å². The Bertz CT molecular complexity index is 598. The number of hydrogen-bond acceptors (Lipinski definition) is 4. The molecule has 1 heterocycles. The normalized spacial score (nSPS) is 10.1. The zero-order chi connectivity index (χ0) is 13.1. The van der Waals surface area contributed by atoms with Gasteiger partial charge in [-0.3, -0.25) is 14.9 Å².